The molecule has 0 aliphatic carbocycles. The van der Waals surface area contributed by atoms with Gasteiger partial charge in [-0.2, -0.15) is 0 Å². The molecule has 0 fully saturated rings. The summed E-state index contributed by atoms with van der Waals surface area (Å²) in [6, 6.07) is 10.1. The molecule has 0 aromatic carbocycles. The van der Waals surface area contributed by atoms with Crippen LogP contribution in [-0.4, -0.2) is 16.5 Å². The van der Waals surface area contributed by atoms with E-state index < -0.39 is 0 Å². The van der Waals surface area contributed by atoms with E-state index in [1.165, 1.54) is 11.3 Å². The molecule has 0 unspecified atom stereocenters. The summed E-state index contributed by atoms with van der Waals surface area (Å²) in [5, 5.41) is 3.42. The number of nitrogens with zero attached hydrogens (tertiary/aromatic N) is 2. The van der Waals surface area contributed by atoms with E-state index in [4.69, 9.17) is 0 Å². The second-order valence-electron chi connectivity index (χ2n) is 3.96. The van der Waals surface area contributed by atoms with E-state index >= 15 is 0 Å². The molecule has 0 bridgehead atoms. The number of pyridine rings is 2. The Kier molecular flexibility index (Phi) is 4.67. The van der Waals surface area contributed by atoms with Crippen molar-refractivity contribution in [1.29, 1.82) is 0 Å². The molecule has 0 saturated carbocycles. The fourth-order valence-electron chi connectivity index (χ4n) is 1.67. The van der Waals surface area contributed by atoms with Gasteiger partial charge in [-0.15, -0.1) is 0 Å². The predicted octanol–water partition coefficient (Wildman–Crippen LogP) is 2.20. The normalized spacial score (nSPS) is 10.4. The molecule has 0 saturated heterocycles. The van der Waals surface area contributed by atoms with Crippen LogP contribution in [0, 0.1) is 0 Å². The SMILES string of the molecule is c1ccc(CCCNCc2ccncc2)nc1. The van der Waals surface area contributed by atoms with Gasteiger partial charge >= 0.3 is 0 Å². The van der Waals surface area contributed by atoms with Crippen LogP contribution in [0.2, 0.25) is 0 Å². The van der Waals surface area contributed by atoms with Crippen molar-refractivity contribution in [3.05, 3.63) is 60.2 Å². The minimum absolute atomic E-state index is 0.907. The first-order valence-electron chi connectivity index (χ1n) is 5.95. The fourth-order valence-corrected chi connectivity index (χ4v) is 1.67. The van der Waals surface area contributed by atoms with E-state index in [0.29, 0.717) is 0 Å². The molecule has 3 heteroatoms. The number of aromatic nitrogens is 2. The molecule has 0 spiro atoms. The number of aryl methyl sites for hydroxylation is 1. The van der Waals surface area contributed by atoms with Gasteiger partial charge in [0.2, 0.25) is 0 Å². The standard InChI is InChI=1S/C14H17N3/c1-2-9-17-14(4-1)5-3-8-16-12-13-6-10-15-11-7-13/h1-2,4,6-7,9-11,16H,3,5,8,12H2. The second-order valence-corrected chi connectivity index (χ2v) is 3.96. The summed E-state index contributed by atoms with van der Waals surface area (Å²) in [6.07, 6.45) is 7.64. The molecule has 0 atom stereocenters. The molecule has 0 aliphatic heterocycles. The molecular weight excluding hydrogens is 210 g/mol. The first-order chi connectivity index (χ1) is 8.45. The Labute approximate surface area is 102 Å². The minimum Gasteiger partial charge on any atom is -0.313 e. The van der Waals surface area contributed by atoms with Crippen LogP contribution in [0.4, 0.5) is 0 Å². The zero-order chi connectivity index (χ0) is 11.8. The van der Waals surface area contributed by atoms with Gasteiger partial charge < -0.3 is 5.32 Å². The van der Waals surface area contributed by atoms with Crippen LogP contribution in [0.3, 0.4) is 0 Å². The van der Waals surface area contributed by atoms with Gasteiger partial charge in [0.15, 0.2) is 0 Å². The maximum Gasteiger partial charge on any atom is 0.0404 e. The molecule has 0 amide bonds. The van der Waals surface area contributed by atoms with Crippen LogP contribution in [0.15, 0.2) is 48.9 Å². The lowest BCUT2D eigenvalue weighted by Gasteiger charge is -2.04. The van der Waals surface area contributed by atoms with Crippen molar-refractivity contribution in [2.24, 2.45) is 0 Å². The Morgan fingerprint density at radius 1 is 1.00 bits per heavy atom. The average Bonchev–Trinajstić information content (AvgIpc) is 2.41. The quantitative estimate of drug-likeness (QED) is 0.769. The van der Waals surface area contributed by atoms with Gasteiger partial charge in [0, 0.05) is 30.8 Å². The summed E-state index contributed by atoms with van der Waals surface area (Å²) in [6.45, 7) is 1.92. The van der Waals surface area contributed by atoms with Crippen LogP contribution in [-0.2, 0) is 13.0 Å². The van der Waals surface area contributed by atoms with Crippen LogP contribution >= 0.6 is 0 Å². The Morgan fingerprint density at radius 2 is 1.88 bits per heavy atom. The largest absolute Gasteiger partial charge is 0.313 e. The topological polar surface area (TPSA) is 37.8 Å². The first-order valence-corrected chi connectivity index (χ1v) is 5.95. The summed E-state index contributed by atoms with van der Waals surface area (Å²) in [5.41, 5.74) is 2.44. The lowest BCUT2D eigenvalue weighted by atomic mass is 10.2. The Morgan fingerprint density at radius 3 is 2.65 bits per heavy atom. The number of nitrogens with one attached hydrogen (secondary N) is 1. The van der Waals surface area contributed by atoms with Gasteiger partial charge in [-0.3, -0.25) is 9.97 Å². The number of hydrogen-bond acceptors (Lipinski definition) is 3. The number of hydrogen-bond donors (Lipinski definition) is 1. The van der Waals surface area contributed by atoms with Crippen molar-refractivity contribution in [2.45, 2.75) is 19.4 Å². The molecule has 2 rings (SSSR count). The highest BCUT2D eigenvalue weighted by atomic mass is 14.8. The van der Waals surface area contributed by atoms with Crippen molar-refractivity contribution in [3.63, 3.8) is 0 Å². The van der Waals surface area contributed by atoms with Crippen LogP contribution in [0.1, 0.15) is 17.7 Å². The Bertz CT molecular complexity index is 372. The van der Waals surface area contributed by atoms with Gasteiger partial charge in [-0.05, 0) is 49.2 Å². The van der Waals surface area contributed by atoms with E-state index in [-0.39, 0.29) is 0 Å². The van der Waals surface area contributed by atoms with E-state index in [0.717, 1.165) is 25.9 Å². The highest BCUT2D eigenvalue weighted by Crippen LogP contribution is 1.98. The van der Waals surface area contributed by atoms with Gasteiger partial charge in [-0.25, -0.2) is 0 Å². The molecule has 1 N–H and O–H groups in total. The van der Waals surface area contributed by atoms with Crippen LogP contribution in [0.25, 0.3) is 0 Å². The molecule has 2 aromatic rings. The first kappa shape index (κ1) is 11.7. The summed E-state index contributed by atoms with van der Waals surface area (Å²) in [7, 11) is 0. The molecule has 88 valence electrons. The number of rotatable bonds is 6. The lowest BCUT2D eigenvalue weighted by molar-refractivity contribution is 0.644. The molecule has 3 nitrogen and oxygen atoms in total. The smallest absolute Gasteiger partial charge is 0.0404 e. The van der Waals surface area contributed by atoms with E-state index in [1.54, 1.807) is 0 Å². The van der Waals surface area contributed by atoms with Gasteiger partial charge in [0.1, 0.15) is 0 Å². The maximum absolute atomic E-state index is 4.30. The second kappa shape index (κ2) is 6.76. The molecule has 2 aromatic heterocycles. The minimum atomic E-state index is 0.907. The summed E-state index contributed by atoms with van der Waals surface area (Å²) >= 11 is 0. The zero-order valence-corrected chi connectivity index (χ0v) is 9.84. The van der Waals surface area contributed by atoms with Crippen molar-refractivity contribution in [1.82, 2.24) is 15.3 Å². The van der Waals surface area contributed by atoms with Crippen molar-refractivity contribution in [3.8, 4) is 0 Å². The van der Waals surface area contributed by atoms with E-state index in [1.807, 2.05) is 42.9 Å². The fraction of sp³-hybridized carbons (Fsp3) is 0.286. The van der Waals surface area contributed by atoms with Crippen molar-refractivity contribution >= 4 is 0 Å². The highest BCUT2D eigenvalue weighted by molar-refractivity contribution is 5.09. The Balaban J connectivity index is 1.61. The predicted molar refractivity (Wildman–Crippen MR) is 68.5 cm³/mol. The summed E-state index contributed by atoms with van der Waals surface area (Å²) in [4.78, 5) is 8.29. The molecular formula is C14H17N3. The molecule has 0 aliphatic rings. The average molecular weight is 227 g/mol. The summed E-state index contributed by atoms with van der Waals surface area (Å²) in [5.74, 6) is 0. The lowest BCUT2D eigenvalue weighted by Crippen LogP contribution is -2.15. The molecule has 2 heterocycles. The third-order valence-corrected chi connectivity index (χ3v) is 2.59. The molecule has 0 radical (unpaired) electrons. The Hall–Kier alpha value is -1.74. The third-order valence-electron chi connectivity index (χ3n) is 2.59. The van der Waals surface area contributed by atoms with Gasteiger partial charge in [-0.1, -0.05) is 6.07 Å². The van der Waals surface area contributed by atoms with E-state index in [9.17, 15) is 0 Å². The van der Waals surface area contributed by atoms with Crippen LogP contribution < -0.4 is 5.32 Å². The van der Waals surface area contributed by atoms with Crippen molar-refractivity contribution in [2.75, 3.05) is 6.54 Å². The highest BCUT2D eigenvalue weighted by Gasteiger charge is 1.94. The monoisotopic (exact) mass is 227 g/mol. The summed E-state index contributed by atoms with van der Waals surface area (Å²) < 4.78 is 0. The zero-order valence-electron chi connectivity index (χ0n) is 9.84. The van der Waals surface area contributed by atoms with Gasteiger partial charge in [0.25, 0.3) is 0 Å². The maximum atomic E-state index is 4.30. The van der Waals surface area contributed by atoms with Crippen LogP contribution in [0.5, 0.6) is 0 Å². The molecule has 17 heavy (non-hydrogen) atoms. The van der Waals surface area contributed by atoms with E-state index in [2.05, 4.69) is 21.4 Å². The van der Waals surface area contributed by atoms with Gasteiger partial charge in [0.05, 0.1) is 0 Å². The third kappa shape index (κ3) is 4.33. The van der Waals surface area contributed by atoms with Crippen molar-refractivity contribution < 1.29 is 0 Å².